The number of rotatable bonds is 6. The van der Waals surface area contributed by atoms with Gasteiger partial charge in [0.2, 0.25) is 0 Å². The van der Waals surface area contributed by atoms with E-state index in [9.17, 15) is 0 Å². The molecule has 0 amide bonds. The maximum atomic E-state index is 5.75. The number of hydrogen-bond acceptors (Lipinski definition) is 3. The molecule has 1 aromatic heterocycles. The molecule has 0 saturated heterocycles. The van der Waals surface area contributed by atoms with E-state index in [2.05, 4.69) is 47.3 Å². The van der Waals surface area contributed by atoms with Gasteiger partial charge in [-0.25, -0.2) is 0 Å². The van der Waals surface area contributed by atoms with Crippen molar-refractivity contribution in [1.82, 2.24) is 15.1 Å². The zero-order valence-corrected chi connectivity index (χ0v) is 12.8. The van der Waals surface area contributed by atoms with E-state index < -0.39 is 0 Å². The number of hydrogen-bond donors (Lipinski definition) is 1. The number of aryl methyl sites for hydroxylation is 1. The SMILES string of the molecule is CCCNCc1cn(CC2COc3ccccc32)nc1C. The third-order valence-corrected chi connectivity index (χ3v) is 4.00. The van der Waals surface area contributed by atoms with E-state index in [1.165, 1.54) is 11.1 Å². The molecule has 0 bridgehead atoms. The highest BCUT2D eigenvalue weighted by Gasteiger charge is 2.24. The molecule has 112 valence electrons. The molecule has 1 aromatic carbocycles. The van der Waals surface area contributed by atoms with E-state index >= 15 is 0 Å². The van der Waals surface area contributed by atoms with E-state index in [1.807, 2.05) is 12.1 Å². The first kappa shape index (κ1) is 14.1. The zero-order valence-electron chi connectivity index (χ0n) is 12.8. The summed E-state index contributed by atoms with van der Waals surface area (Å²) >= 11 is 0. The van der Waals surface area contributed by atoms with Gasteiger partial charge in [0.25, 0.3) is 0 Å². The Balaban J connectivity index is 1.67. The average molecular weight is 285 g/mol. The van der Waals surface area contributed by atoms with E-state index in [4.69, 9.17) is 4.74 Å². The van der Waals surface area contributed by atoms with Crippen LogP contribution in [0.2, 0.25) is 0 Å². The predicted octanol–water partition coefficient (Wildman–Crippen LogP) is 2.87. The van der Waals surface area contributed by atoms with Gasteiger partial charge in [0.1, 0.15) is 5.75 Å². The highest BCUT2D eigenvalue weighted by atomic mass is 16.5. The second-order valence-electron chi connectivity index (χ2n) is 5.68. The first-order valence-corrected chi connectivity index (χ1v) is 7.73. The van der Waals surface area contributed by atoms with Gasteiger partial charge in [-0.3, -0.25) is 4.68 Å². The van der Waals surface area contributed by atoms with Crippen LogP contribution in [0.15, 0.2) is 30.5 Å². The molecule has 0 spiro atoms. The van der Waals surface area contributed by atoms with Gasteiger partial charge < -0.3 is 10.1 Å². The Morgan fingerprint density at radius 2 is 2.24 bits per heavy atom. The topological polar surface area (TPSA) is 39.1 Å². The van der Waals surface area contributed by atoms with Crippen molar-refractivity contribution in [3.63, 3.8) is 0 Å². The van der Waals surface area contributed by atoms with Crippen LogP contribution in [0.4, 0.5) is 0 Å². The molecule has 1 aliphatic heterocycles. The highest BCUT2D eigenvalue weighted by Crippen LogP contribution is 2.34. The lowest BCUT2D eigenvalue weighted by Crippen LogP contribution is -2.14. The maximum absolute atomic E-state index is 5.75. The quantitative estimate of drug-likeness (QED) is 0.830. The summed E-state index contributed by atoms with van der Waals surface area (Å²) < 4.78 is 7.81. The van der Waals surface area contributed by atoms with Crippen molar-refractivity contribution in [2.45, 2.75) is 39.3 Å². The standard InChI is InChI=1S/C17H23N3O/c1-3-8-18-9-14-10-20(19-13(14)2)11-15-12-21-17-7-5-4-6-16(15)17/h4-7,10,15,18H,3,8-9,11-12H2,1-2H3. The second kappa shape index (κ2) is 6.31. The number of nitrogens with zero attached hydrogens (tertiary/aromatic N) is 2. The van der Waals surface area contributed by atoms with Crippen LogP contribution >= 0.6 is 0 Å². The van der Waals surface area contributed by atoms with Crippen molar-refractivity contribution in [1.29, 1.82) is 0 Å². The summed E-state index contributed by atoms with van der Waals surface area (Å²) in [4.78, 5) is 0. The molecule has 21 heavy (non-hydrogen) atoms. The summed E-state index contributed by atoms with van der Waals surface area (Å²) in [7, 11) is 0. The number of ether oxygens (including phenoxy) is 1. The van der Waals surface area contributed by atoms with Crippen molar-refractivity contribution in [3.05, 3.63) is 47.3 Å². The van der Waals surface area contributed by atoms with Crippen LogP contribution in [-0.4, -0.2) is 22.9 Å². The van der Waals surface area contributed by atoms with Crippen LogP contribution < -0.4 is 10.1 Å². The minimum Gasteiger partial charge on any atom is -0.493 e. The average Bonchev–Trinajstić information content (AvgIpc) is 3.05. The van der Waals surface area contributed by atoms with Crippen LogP contribution in [0.3, 0.4) is 0 Å². The van der Waals surface area contributed by atoms with Gasteiger partial charge in [0, 0.05) is 29.8 Å². The van der Waals surface area contributed by atoms with E-state index in [0.717, 1.165) is 44.1 Å². The molecule has 0 aliphatic carbocycles. The lowest BCUT2D eigenvalue weighted by atomic mass is 10.0. The van der Waals surface area contributed by atoms with Crippen LogP contribution in [0.5, 0.6) is 5.75 Å². The Bertz CT molecular complexity index is 606. The molecule has 4 heteroatoms. The monoisotopic (exact) mass is 285 g/mol. The first-order valence-electron chi connectivity index (χ1n) is 7.73. The Kier molecular flexibility index (Phi) is 4.25. The van der Waals surface area contributed by atoms with Crippen LogP contribution in [0.25, 0.3) is 0 Å². The minimum atomic E-state index is 0.400. The van der Waals surface area contributed by atoms with Gasteiger partial charge in [-0.2, -0.15) is 5.10 Å². The summed E-state index contributed by atoms with van der Waals surface area (Å²) in [6.45, 7) is 7.85. The summed E-state index contributed by atoms with van der Waals surface area (Å²) in [5, 5.41) is 8.08. The Morgan fingerprint density at radius 3 is 3.10 bits per heavy atom. The Labute approximate surface area is 126 Å². The lowest BCUT2D eigenvalue weighted by Gasteiger charge is -2.08. The molecule has 2 heterocycles. The third kappa shape index (κ3) is 3.10. The number of nitrogens with one attached hydrogen (secondary N) is 1. The van der Waals surface area contributed by atoms with E-state index in [1.54, 1.807) is 0 Å². The van der Waals surface area contributed by atoms with Crippen molar-refractivity contribution < 1.29 is 4.74 Å². The van der Waals surface area contributed by atoms with Crippen LogP contribution in [-0.2, 0) is 13.1 Å². The molecular weight excluding hydrogens is 262 g/mol. The van der Waals surface area contributed by atoms with Crippen molar-refractivity contribution >= 4 is 0 Å². The fourth-order valence-electron chi connectivity index (χ4n) is 2.83. The van der Waals surface area contributed by atoms with Gasteiger partial charge in [-0.05, 0) is 26.0 Å². The summed E-state index contributed by atoms with van der Waals surface area (Å²) in [5.74, 6) is 1.42. The molecule has 1 atom stereocenters. The van der Waals surface area contributed by atoms with Crippen LogP contribution in [0, 0.1) is 6.92 Å². The number of benzene rings is 1. The number of fused-ring (bicyclic) bond motifs is 1. The fraction of sp³-hybridized carbons (Fsp3) is 0.471. The molecule has 2 aromatic rings. The van der Waals surface area contributed by atoms with E-state index in [0.29, 0.717) is 5.92 Å². The van der Waals surface area contributed by atoms with Gasteiger partial charge in [0.15, 0.2) is 0 Å². The maximum Gasteiger partial charge on any atom is 0.122 e. The molecule has 1 unspecified atom stereocenters. The molecule has 1 N–H and O–H groups in total. The normalized spacial score (nSPS) is 16.8. The zero-order chi connectivity index (χ0) is 14.7. The van der Waals surface area contributed by atoms with E-state index in [-0.39, 0.29) is 0 Å². The minimum absolute atomic E-state index is 0.400. The highest BCUT2D eigenvalue weighted by molar-refractivity contribution is 5.39. The van der Waals surface area contributed by atoms with Gasteiger partial charge in [-0.15, -0.1) is 0 Å². The molecule has 0 radical (unpaired) electrons. The second-order valence-corrected chi connectivity index (χ2v) is 5.68. The molecular formula is C17H23N3O. The lowest BCUT2D eigenvalue weighted by molar-refractivity contribution is 0.315. The van der Waals surface area contributed by atoms with Crippen LogP contribution in [0.1, 0.15) is 36.1 Å². The summed E-state index contributed by atoms with van der Waals surface area (Å²) in [5.41, 5.74) is 3.71. The summed E-state index contributed by atoms with van der Waals surface area (Å²) in [6.07, 6.45) is 3.32. The number of para-hydroxylation sites is 1. The van der Waals surface area contributed by atoms with Gasteiger partial charge >= 0.3 is 0 Å². The number of aromatic nitrogens is 2. The summed E-state index contributed by atoms with van der Waals surface area (Å²) in [6, 6.07) is 8.31. The van der Waals surface area contributed by atoms with Gasteiger partial charge in [0.05, 0.1) is 18.8 Å². The van der Waals surface area contributed by atoms with Crippen molar-refractivity contribution in [3.8, 4) is 5.75 Å². The largest absolute Gasteiger partial charge is 0.493 e. The Morgan fingerprint density at radius 1 is 1.38 bits per heavy atom. The molecule has 0 fully saturated rings. The Hall–Kier alpha value is -1.81. The van der Waals surface area contributed by atoms with Gasteiger partial charge in [-0.1, -0.05) is 25.1 Å². The molecule has 3 rings (SSSR count). The first-order chi connectivity index (χ1) is 10.3. The fourth-order valence-corrected chi connectivity index (χ4v) is 2.83. The third-order valence-electron chi connectivity index (χ3n) is 4.00. The predicted molar refractivity (Wildman–Crippen MR) is 83.6 cm³/mol. The smallest absolute Gasteiger partial charge is 0.122 e. The van der Waals surface area contributed by atoms with Crippen molar-refractivity contribution in [2.75, 3.05) is 13.2 Å². The molecule has 4 nitrogen and oxygen atoms in total. The molecule has 1 aliphatic rings. The van der Waals surface area contributed by atoms with Crippen molar-refractivity contribution in [2.24, 2.45) is 0 Å². The molecule has 0 saturated carbocycles.